The molecule has 54 valence electrons. The molecule has 0 heterocycles. The summed E-state index contributed by atoms with van der Waals surface area (Å²) in [6.45, 7) is 0. The van der Waals surface area contributed by atoms with Crippen molar-refractivity contribution in [1.82, 2.24) is 0 Å². The molecule has 0 spiro atoms. The van der Waals surface area contributed by atoms with E-state index in [1.807, 2.05) is 36.4 Å². The SMILES string of the molecule is Oc1cccc2ccccc12.[Na+]. The average molecular weight is 167 g/mol. The Morgan fingerprint density at radius 2 is 1.50 bits per heavy atom. The van der Waals surface area contributed by atoms with Crippen LogP contribution in [0.1, 0.15) is 0 Å². The Balaban J connectivity index is 0.000000720. The second-order valence-corrected chi connectivity index (χ2v) is 2.50. The van der Waals surface area contributed by atoms with Crippen LogP contribution in [0.2, 0.25) is 0 Å². The smallest absolute Gasteiger partial charge is 0.507 e. The first-order valence-electron chi connectivity index (χ1n) is 3.54. The van der Waals surface area contributed by atoms with E-state index in [-0.39, 0.29) is 29.6 Å². The van der Waals surface area contributed by atoms with Crippen molar-refractivity contribution in [2.45, 2.75) is 0 Å². The van der Waals surface area contributed by atoms with Crippen LogP contribution in [0.3, 0.4) is 0 Å². The molecule has 0 saturated carbocycles. The van der Waals surface area contributed by atoms with Crippen molar-refractivity contribution in [2.24, 2.45) is 0 Å². The Kier molecular flexibility index (Phi) is 3.15. The molecule has 2 heteroatoms. The molecule has 0 aliphatic rings. The molecule has 1 N–H and O–H groups in total. The van der Waals surface area contributed by atoms with Crippen LogP contribution in [0, 0.1) is 0 Å². The third-order valence-corrected chi connectivity index (χ3v) is 1.77. The van der Waals surface area contributed by atoms with E-state index in [1.54, 1.807) is 6.07 Å². The summed E-state index contributed by atoms with van der Waals surface area (Å²) >= 11 is 0. The first-order valence-corrected chi connectivity index (χ1v) is 3.54. The Bertz CT molecular complexity index is 379. The van der Waals surface area contributed by atoms with Crippen LogP contribution in [0.25, 0.3) is 10.8 Å². The van der Waals surface area contributed by atoms with Crippen LogP contribution in [0.4, 0.5) is 0 Å². The fourth-order valence-electron chi connectivity index (χ4n) is 1.21. The zero-order valence-electron chi connectivity index (χ0n) is 6.99. The largest absolute Gasteiger partial charge is 1.00 e. The maximum atomic E-state index is 9.37. The van der Waals surface area contributed by atoms with Crippen molar-refractivity contribution in [3.05, 3.63) is 42.5 Å². The molecular formula is C10H8NaO+. The molecule has 0 unspecified atom stereocenters. The fourth-order valence-corrected chi connectivity index (χ4v) is 1.21. The summed E-state index contributed by atoms with van der Waals surface area (Å²) in [5.74, 6) is 0.350. The summed E-state index contributed by atoms with van der Waals surface area (Å²) in [4.78, 5) is 0. The maximum Gasteiger partial charge on any atom is 1.00 e. The molecule has 0 bridgehead atoms. The zero-order chi connectivity index (χ0) is 7.68. The van der Waals surface area contributed by atoms with Gasteiger partial charge in [-0.05, 0) is 11.5 Å². The van der Waals surface area contributed by atoms with Gasteiger partial charge in [-0.25, -0.2) is 0 Å². The van der Waals surface area contributed by atoms with E-state index in [4.69, 9.17) is 0 Å². The molecule has 0 aromatic heterocycles. The second-order valence-electron chi connectivity index (χ2n) is 2.50. The minimum atomic E-state index is 0. The van der Waals surface area contributed by atoms with Crippen molar-refractivity contribution in [2.75, 3.05) is 0 Å². The molecule has 0 aliphatic carbocycles. The number of aromatic hydroxyl groups is 1. The number of phenols is 1. The van der Waals surface area contributed by atoms with E-state index in [0.29, 0.717) is 5.75 Å². The predicted molar refractivity (Wildman–Crippen MR) is 45.6 cm³/mol. The molecule has 0 amide bonds. The molecule has 0 fully saturated rings. The minimum absolute atomic E-state index is 0. The number of rotatable bonds is 0. The molecular weight excluding hydrogens is 159 g/mol. The molecule has 2 aromatic rings. The van der Waals surface area contributed by atoms with Crippen molar-refractivity contribution in [3.8, 4) is 5.75 Å². The first-order chi connectivity index (χ1) is 5.38. The molecule has 0 atom stereocenters. The summed E-state index contributed by atoms with van der Waals surface area (Å²) in [7, 11) is 0. The predicted octanol–water partition coefficient (Wildman–Crippen LogP) is -0.451. The van der Waals surface area contributed by atoms with Gasteiger partial charge in [0.15, 0.2) is 0 Å². The third-order valence-electron chi connectivity index (χ3n) is 1.77. The van der Waals surface area contributed by atoms with Crippen molar-refractivity contribution < 1.29 is 34.7 Å². The van der Waals surface area contributed by atoms with Crippen LogP contribution < -0.4 is 29.6 Å². The summed E-state index contributed by atoms with van der Waals surface area (Å²) in [6, 6.07) is 13.3. The quantitative estimate of drug-likeness (QED) is 0.527. The van der Waals surface area contributed by atoms with Crippen LogP contribution in [-0.2, 0) is 0 Å². The first kappa shape index (κ1) is 9.59. The molecule has 0 aliphatic heterocycles. The van der Waals surface area contributed by atoms with Crippen LogP contribution in [0.15, 0.2) is 42.5 Å². The van der Waals surface area contributed by atoms with E-state index in [0.717, 1.165) is 10.8 Å². The molecule has 2 aromatic carbocycles. The Morgan fingerprint density at radius 1 is 0.833 bits per heavy atom. The number of hydrogen-bond acceptors (Lipinski definition) is 1. The van der Waals surface area contributed by atoms with Gasteiger partial charge >= 0.3 is 29.6 Å². The molecule has 2 rings (SSSR count). The van der Waals surface area contributed by atoms with Gasteiger partial charge in [0.05, 0.1) is 0 Å². The van der Waals surface area contributed by atoms with Gasteiger partial charge in [-0.2, -0.15) is 0 Å². The van der Waals surface area contributed by atoms with Gasteiger partial charge in [0.1, 0.15) is 5.75 Å². The second kappa shape index (κ2) is 3.94. The third kappa shape index (κ3) is 1.63. The number of hydrogen-bond donors (Lipinski definition) is 1. The minimum Gasteiger partial charge on any atom is -0.507 e. The van der Waals surface area contributed by atoms with Crippen molar-refractivity contribution in [1.29, 1.82) is 0 Å². The van der Waals surface area contributed by atoms with Crippen LogP contribution in [-0.4, -0.2) is 5.11 Å². The van der Waals surface area contributed by atoms with E-state index in [1.165, 1.54) is 0 Å². The van der Waals surface area contributed by atoms with Gasteiger partial charge in [0.2, 0.25) is 0 Å². The zero-order valence-corrected chi connectivity index (χ0v) is 8.99. The van der Waals surface area contributed by atoms with Gasteiger partial charge in [-0.15, -0.1) is 0 Å². The molecule has 1 nitrogen and oxygen atoms in total. The van der Waals surface area contributed by atoms with Crippen molar-refractivity contribution >= 4 is 10.8 Å². The van der Waals surface area contributed by atoms with Gasteiger partial charge in [0.25, 0.3) is 0 Å². The summed E-state index contributed by atoms with van der Waals surface area (Å²) in [6.07, 6.45) is 0. The van der Waals surface area contributed by atoms with Gasteiger partial charge < -0.3 is 5.11 Å². The Labute approximate surface area is 93.3 Å². The van der Waals surface area contributed by atoms with E-state index < -0.39 is 0 Å². The number of benzene rings is 2. The maximum absolute atomic E-state index is 9.37. The monoisotopic (exact) mass is 167 g/mol. The average Bonchev–Trinajstić information content (AvgIpc) is 2.06. The Hall–Kier alpha value is -0.500. The molecule has 12 heavy (non-hydrogen) atoms. The van der Waals surface area contributed by atoms with Gasteiger partial charge in [0, 0.05) is 5.39 Å². The van der Waals surface area contributed by atoms with E-state index in [2.05, 4.69) is 0 Å². The standard InChI is InChI=1S/C10H8O.Na/c11-10-7-3-5-8-4-1-2-6-9(8)10;/h1-7,11H;/q;+1. The normalized spacial score (nSPS) is 9.33. The molecule has 0 radical (unpaired) electrons. The van der Waals surface area contributed by atoms with E-state index >= 15 is 0 Å². The van der Waals surface area contributed by atoms with Gasteiger partial charge in [-0.1, -0.05) is 36.4 Å². The van der Waals surface area contributed by atoms with Crippen LogP contribution >= 0.6 is 0 Å². The van der Waals surface area contributed by atoms with Crippen LogP contribution in [0.5, 0.6) is 5.75 Å². The Morgan fingerprint density at radius 3 is 2.25 bits per heavy atom. The number of phenolic OH excluding ortho intramolecular Hbond substituents is 1. The van der Waals surface area contributed by atoms with Crippen molar-refractivity contribution in [3.63, 3.8) is 0 Å². The fraction of sp³-hybridized carbons (Fsp3) is 0. The summed E-state index contributed by atoms with van der Waals surface area (Å²) in [5, 5.41) is 11.4. The molecule has 0 saturated heterocycles. The van der Waals surface area contributed by atoms with E-state index in [9.17, 15) is 5.11 Å². The number of fused-ring (bicyclic) bond motifs is 1. The summed E-state index contributed by atoms with van der Waals surface area (Å²) < 4.78 is 0. The topological polar surface area (TPSA) is 20.2 Å². The summed E-state index contributed by atoms with van der Waals surface area (Å²) in [5.41, 5.74) is 0. The van der Waals surface area contributed by atoms with Gasteiger partial charge in [-0.3, -0.25) is 0 Å².